The van der Waals surface area contributed by atoms with Gasteiger partial charge < -0.3 is 16.0 Å². The third-order valence-corrected chi connectivity index (χ3v) is 7.26. The van der Waals surface area contributed by atoms with Gasteiger partial charge in [-0.2, -0.15) is 0 Å². The van der Waals surface area contributed by atoms with Crippen LogP contribution in [0.25, 0.3) is 22.2 Å². The molecule has 0 fully saturated rings. The van der Waals surface area contributed by atoms with Crippen molar-refractivity contribution in [3.63, 3.8) is 0 Å². The zero-order valence-electron chi connectivity index (χ0n) is 22.5. The first-order chi connectivity index (χ1) is 18.5. The molecule has 2 aromatic heterocycles. The number of H-pyrrole nitrogens is 1. The van der Waals surface area contributed by atoms with Crippen LogP contribution in [-0.4, -0.2) is 22.6 Å². The lowest BCUT2D eigenvalue weighted by Crippen LogP contribution is -2.34. The van der Waals surface area contributed by atoms with Gasteiger partial charge in [0.05, 0.1) is 0 Å². The SMILES string of the molecule is Cc1cc(C)cc(-c2[nH]c3ccc(N)cc3c2CC(Cc2ccccc2)NCCCCc2cccnc2)c1. The average molecular weight is 503 g/mol. The Morgan fingerprint density at radius 2 is 1.63 bits per heavy atom. The third-order valence-electron chi connectivity index (χ3n) is 7.26. The molecule has 5 rings (SSSR count). The lowest BCUT2D eigenvalue weighted by Gasteiger charge is -2.20. The maximum Gasteiger partial charge on any atom is 0.0498 e. The molecule has 1 unspecified atom stereocenters. The fourth-order valence-corrected chi connectivity index (χ4v) is 5.51. The Balaban J connectivity index is 1.40. The van der Waals surface area contributed by atoms with Crippen LogP contribution in [0.1, 0.15) is 40.7 Å². The molecule has 1 atom stereocenters. The number of aryl methyl sites for hydroxylation is 3. The number of unbranched alkanes of at least 4 members (excludes halogenated alkanes) is 1. The minimum atomic E-state index is 0.306. The van der Waals surface area contributed by atoms with E-state index in [9.17, 15) is 0 Å². The zero-order chi connectivity index (χ0) is 26.3. The van der Waals surface area contributed by atoms with E-state index in [-0.39, 0.29) is 0 Å². The molecule has 4 heteroatoms. The minimum Gasteiger partial charge on any atom is -0.399 e. The molecule has 0 aliphatic heterocycles. The molecule has 0 aliphatic rings. The average Bonchev–Trinajstić information content (AvgIpc) is 3.26. The predicted molar refractivity (Wildman–Crippen MR) is 160 cm³/mol. The lowest BCUT2D eigenvalue weighted by atomic mass is 9.94. The van der Waals surface area contributed by atoms with Crippen LogP contribution in [0.15, 0.2) is 91.3 Å². The van der Waals surface area contributed by atoms with E-state index in [2.05, 4.69) is 95.9 Å². The number of anilines is 1. The van der Waals surface area contributed by atoms with E-state index in [0.717, 1.165) is 49.9 Å². The maximum absolute atomic E-state index is 6.27. The van der Waals surface area contributed by atoms with Crippen molar-refractivity contribution < 1.29 is 0 Å². The normalized spacial score (nSPS) is 12.2. The third kappa shape index (κ3) is 6.51. The van der Waals surface area contributed by atoms with Crippen LogP contribution in [0, 0.1) is 13.8 Å². The Morgan fingerprint density at radius 1 is 0.842 bits per heavy atom. The van der Waals surface area contributed by atoms with Crippen molar-refractivity contribution in [3.05, 3.63) is 119 Å². The van der Waals surface area contributed by atoms with Crippen LogP contribution in [0.5, 0.6) is 0 Å². The number of fused-ring (bicyclic) bond motifs is 1. The highest BCUT2D eigenvalue weighted by Crippen LogP contribution is 2.34. The smallest absolute Gasteiger partial charge is 0.0498 e. The molecule has 4 N–H and O–H groups in total. The molecular formula is C34H38N4. The summed E-state index contributed by atoms with van der Waals surface area (Å²) in [4.78, 5) is 7.98. The molecule has 0 bridgehead atoms. The first-order valence-corrected chi connectivity index (χ1v) is 13.7. The number of benzene rings is 3. The second kappa shape index (κ2) is 12.1. The molecule has 0 saturated heterocycles. The molecule has 3 aromatic carbocycles. The molecule has 194 valence electrons. The number of hydrogen-bond acceptors (Lipinski definition) is 3. The molecule has 0 amide bonds. The summed E-state index contributed by atoms with van der Waals surface area (Å²) in [6.45, 7) is 5.32. The highest BCUT2D eigenvalue weighted by molar-refractivity contribution is 5.93. The molecule has 0 radical (unpaired) electrons. The van der Waals surface area contributed by atoms with Crippen LogP contribution in [0.2, 0.25) is 0 Å². The Kier molecular flexibility index (Phi) is 8.20. The number of pyridine rings is 1. The van der Waals surface area contributed by atoms with Gasteiger partial charge in [0.2, 0.25) is 0 Å². The van der Waals surface area contributed by atoms with Gasteiger partial charge in [-0.25, -0.2) is 0 Å². The van der Waals surface area contributed by atoms with Gasteiger partial charge in [0.1, 0.15) is 0 Å². The van der Waals surface area contributed by atoms with E-state index >= 15 is 0 Å². The molecule has 4 nitrogen and oxygen atoms in total. The Bertz CT molecular complexity index is 1450. The van der Waals surface area contributed by atoms with E-state index in [1.54, 1.807) is 0 Å². The molecular weight excluding hydrogens is 464 g/mol. The first kappa shape index (κ1) is 25.7. The Hall–Kier alpha value is -3.89. The van der Waals surface area contributed by atoms with Crippen LogP contribution in [0.3, 0.4) is 0 Å². The fourth-order valence-electron chi connectivity index (χ4n) is 5.51. The number of nitrogens with one attached hydrogen (secondary N) is 2. The first-order valence-electron chi connectivity index (χ1n) is 13.7. The molecule has 2 heterocycles. The lowest BCUT2D eigenvalue weighted by molar-refractivity contribution is 0.493. The quantitative estimate of drug-likeness (QED) is 0.132. The monoisotopic (exact) mass is 502 g/mol. The van der Waals surface area contributed by atoms with E-state index < -0.39 is 0 Å². The number of rotatable bonds is 11. The van der Waals surface area contributed by atoms with Crippen LogP contribution < -0.4 is 11.1 Å². The van der Waals surface area contributed by atoms with E-state index in [4.69, 9.17) is 5.73 Å². The van der Waals surface area contributed by atoms with Crippen molar-refractivity contribution in [3.8, 4) is 11.3 Å². The molecule has 5 aromatic rings. The Morgan fingerprint density at radius 3 is 2.39 bits per heavy atom. The highest BCUT2D eigenvalue weighted by Gasteiger charge is 2.19. The number of nitrogens with two attached hydrogens (primary N) is 1. The number of aromatic nitrogens is 2. The summed E-state index contributed by atoms with van der Waals surface area (Å²) in [5.74, 6) is 0. The van der Waals surface area contributed by atoms with E-state index in [1.807, 2.05) is 24.5 Å². The Labute approximate surface area is 226 Å². The zero-order valence-corrected chi connectivity index (χ0v) is 22.5. The van der Waals surface area contributed by atoms with Crippen molar-refractivity contribution >= 4 is 16.6 Å². The van der Waals surface area contributed by atoms with Crippen molar-refractivity contribution in [1.82, 2.24) is 15.3 Å². The van der Waals surface area contributed by atoms with Gasteiger partial charge in [0.15, 0.2) is 0 Å². The van der Waals surface area contributed by atoms with Gasteiger partial charge in [-0.1, -0.05) is 53.6 Å². The summed E-state index contributed by atoms with van der Waals surface area (Å²) >= 11 is 0. The summed E-state index contributed by atoms with van der Waals surface area (Å²) in [7, 11) is 0. The number of nitrogen functional groups attached to an aromatic ring is 1. The van der Waals surface area contributed by atoms with E-state index in [0.29, 0.717) is 6.04 Å². The summed E-state index contributed by atoms with van der Waals surface area (Å²) in [5, 5.41) is 5.13. The highest BCUT2D eigenvalue weighted by atomic mass is 14.9. The van der Waals surface area contributed by atoms with Crippen LogP contribution >= 0.6 is 0 Å². The molecule has 38 heavy (non-hydrogen) atoms. The van der Waals surface area contributed by atoms with Crippen molar-refractivity contribution in [2.75, 3.05) is 12.3 Å². The standard InChI is InChI=1S/C34H38N4/c1-24-17-25(2)19-28(18-24)34-32(31-21-29(35)13-14-33(31)38-34)22-30(20-26-9-4-3-5-10-26)37-16-7-6-11-27-12-8-15-36-23-27/h3-5,8-10,12-15,17-19,21,23,30,37-38H,6-7,11,16,20,22,35H2,1-2H3. The van der Waals surface area contributed by atoms with Crippen LogP contribution in [-0.2, 0) is 19.3 Å². The number of nitrogens with zero attached hydrogens (tertiary/aromatic N) is 1. The summed E-state index contributed by atoms with van der Waals surface area (Å²) < 4.78 is 0. The molecule has 0 aliphatic carbocycles. The van der Waals surface area contributed by atoms with Crippen molar-refractivity contribution in [2.45, 2.75) is 52.0 Å². The molecule has 0 spiro atoms. The molecule has 0 saturated carbocycles. The van der Waals surface area contributed by atoms with Gasteiger partial charge in [-0.3, -0.25) is 4.98 Å². The van der Waals surface area contributed by atoms with Crippen molar-refractivity contribution in [1.29, 1.82) is 0 Å². The van der Waals surface area contributed by atoms with Gasteiger partial charge in [0.25, 0.3) is 0 Å². The van der Waals surface area contributed by atoms with Gasteiger partial charge in [0, 0.05) is 40.7 Å². The van der Waals surface area contributed by atoms with Crippen molar-refractivity contribution in [2.24, 2.45) is 0 Å². The summed E-state index contributed by atoms with van der Waals surface area (Å²) in [6.07, 6.45) is 9.05. The second-order valence-corrected chi connectivity index (χ2v) is 10.5. The minimum absolute atomic E-state index is 0.306. The second-order valence-electron chi connectivity index (χ2n) is 10.5. The van der Waals surface area contributed by atoms with Gasteiger partial charge >= 0.3 is 0 Å². The van der Waals surface area contributed by atoms with E-state index in [1.165, 1.54) is 44.5 Å². The fraction of sp³-hybridized carbons (Fsp3) is 0.265. The van der Waals surface area contributed by atoms with Gasteiger partial charge in [-0.05, 0) is 111 Å². The van der Waals surface area contributed by atoms with Gasteiger partial charge in [-0.15, -0.1) is 0 Å². The summed E-state index contributed by atoms with van der Waals surface area (Å²) in [5.41, 5.74) is 17.2. The van der Waals surface area contributed by atoms with Crippen LogP contribution in [0.4, 0.5) is 5.69 Å². The maximum atomic E-state index is 6.27. The topological polar surface area (TPSA) is 66.7 Å². The summed E-state index contributed by atoms with van der Waals surface area (Å²) in [6, 6.07) is 28.3. The number of hydrogen-bond donors (Lipinski definition) is 3. The largest absolute Gasteiger partial charge is 0.399 e. The number of aromatic amines is 1. The predicted octanol–water partition coefficient (Wildman–Crippen LogP) is 7.20.